The molecule has 0 spiro atoms. The van der Waals surface area contributed by atoms with Gasteiger partial charge in [0.1, 0.15) is 6.54 Å². The van der Waals surface area contributed by atoms with Crippen molar-refractivity contribution in [2.75, 3.05) is 22.1 Å². The van der Waals surface area contributed by atoms with Crippen molar-refractivity contribution >= 4 is 34.8 Å². The molecule has 2 N–H and O–H groups in total. The number of carbonyl (C=O) groups is 3. The van der Waals surface area contributed by atoms with Gasteiger partial charge in [-0.2, -0.15) is 4.98 Å². The molecular weight excluding hydrogens is 422 g/mol. The quantitative estimate of drug-likeness (QED) is 0.570. The zero-order valence-corrected chi connectivity index (χ0v) is 18.5. The highest BCUT2D eigenvalue weighted by atomic mass is 16.5. The van der Waals surface area contributed by atoms with Crippen LogP contribution in [0.25, 0.3) is 0 Å². The minimum Gasteiger partial charge on any atom is -0.339 e. The molecule has 0 aliphatic carbocycles. The van der Waals surface area contributed by atoms with Gasteiger partial charge >= 0.3 is 0 Å². The number of nitrogens with one attached hydrogen (secondary N) is 2. The summed E-state index contributed by atoms with van der Waals surface area (Å²) in [5, 5.41) is 9.51. The lowest BCUT2D eigenvalue weighted by atomic mass is 10.1. The topological polar surface area (TPSA) is 117 Å². The molecule has 0 saturated heterocycles. The summed E-state index contributed by atoms with van der Waals surface area (Å²) < 4.78 is 5.19. The third-order valence-corrected chi connectivity index (χ3v) is 5.23. The van der Waals surface area contributed by atoms with Crippen LogP contribution in [0.5, 0.6) is 0 Å². The molecule has 4 rings (SSSR count). The smallest absolute Gasteiger partial charge is 0.258 e. The summed E-state index contributed by atoms with van der Waals surface area (Å²) in [7, 11) is 0. The molecule has 170 valence electrons. The summed E-state index contributed by atoms with van der Waals surface area (Å²) >= 11 is 0. The zero-order valence-electron chi connectivity index (χ0n) is 18.5. The molecule has 0 saturated carbocycles. The number of nitrogens with zero attached hydrogens (tertiary/aromatic N) is 3. The highest BCUT2D eigenvalue weighted by Crippen LogP contribution is 2.30. The molecule has 33 heavy (non-hydrogen) atoms. The van der Waals surface area contributed by atoms with Crippen molar-refractivity contribution in [1.29, 1.82) is 0 Å². The summed E-state index contributed by atoms with van der Waals surface area (Å²) in [6.45, 7) is 3.93. The van der Waals surface area contributed by atoms with Crippen LogP contribution in [0.3, 0.4) is 0 Å². The summed E-state index contributed by atoms with van der Waals surface area (Å²) in [5.74, 6) is 0.726. The van der Waals surface area contributed by atoms with E-state index in [0.29, 0.717) is 53.6 Å². The molecule has 3 aromatic rings. The van der Waals surface area contributed by atoms with Crippen molar-refractivity contribution < 1.29 is 18.9 Å². The van der Waals surface area contributed by atoms with Gasteiger partial charge < -0.3 is 15.2 Å². The van der Waals surface area contributed by atoms with E-state index in [2.05, 4.69) is 20.8 Å². The van der Waals surface area contributed by atoms with Gasteiger partial charge in [0.2, 0.25) is 17.7 Å². The predicted molar refractivity (Wildman–Crippen MR) is 123 cm³/mol. The number of para-hydroxylation sites is 2. The van der Waals surface area contributed by atoms with Crippen LogP contribution in [0.1, 0.15) is 54.7 Å². The van der Waals surface area contributed by atoms with Crippen LogP contribution < -0.4 is 15.5 Å². The lowest BCUT2D eigenvalue weighted by molar-refractivity contribution is -0.116. The largest absolute Gasteiger partial charge is 0.339 e. The van der Waals surface area contributed by atoms with Crippen molar-refractivity contribution in [1.82, 2.24) is 10.1 Å². The minimum absolute atomic E-state index is 0.0486. The fourth-order valence-electron chi connectivity index (χ4n) is 3.49. The van der Waals surface area contributed by atoms with E-state index in [9.17, 15) is 14.4 Å². The van der Waals surface area contributed by atoms with Crippen molar-refractivity contribution in [3.63, 3.8) is 0 Å². The number of carbonyl (C=O) groups excluding carboxylic acids is 3. The zero-order chi connectivity index (χ0) is 23.4. The molecule has 3 amide bonds. The van der Waals surface area contributed by atoms with Crippen molar-refractivity contribution in [3.8, 4) is 0 Å². The van der Waals surface area contributed by atoms with Gasteiger partial charge in [-0.05, 0) is 42.8 Å². The normalized spacial score (nSPS) is 12.9. The summed E-state index contributed by atoms with van der Waals surface area (Å²) in [5.41, 5.74) is 2.27. The van der Waals surface area contributed by atoms with Gasteiger partial charge in [-0.1, -0.05) is 31.1 Å². The average molecular weight is 447 g/mol. The van der Waals surface area contributed by atoms with Gasteiger partial charge in [-0.3, -0.25) is 19.3 Å². The standard InChI is InChI=1S/C24H25N5O4/c1-15(2)23-27-22(33-28-23)9-5-8-20(30)25-17-12-10-16(11-13-17)24(32)29-14-21(31)26-18-6-3-4-7-19(18)29/h3-4,6-7,10-13,15H,5,8-9,14H2,1-2H3,(H,25,30)(H,26,31). The maximum atomic E-state index is 13.0. The van der Waals surface area contributed by atoms with E-state index in [0.717, 1.165) is 0 Å². The lowest BCUT2D eigenvalue weighted by Crippen LogP contribution is -2.42. The first-order valence-electron chi connectivity index (χ1n) is 10.8. The molecule has 0 atom stereocenters. The van der Waals surface area contributed by atoms with Crippen LogP contribution >= 0.6 is 0 Å². The Hall–Kier alpha value is -4.01. The molecule has 0 unspecified atom stereocenters. The van der Waals surface area contributed by atoms with Crippen molar-refractivity contribution in [2.45, 2.75) is 39.0 Å². The average Bonchev–Trinajstić information content (AvgIpc) is 3.28. The number of hydrogen-bond donors (Lipinski definition) is 2. The van der Waals surface area contributed by atoms with Gasteiger partial charge in [-0.25, -0.2) is 0 Å². The van der Waals surface area contributed by atoms with E-state index in [1.165, 1.54) is 4.90 Å². The molecule has 9 nitrogen and oxygen atoms in total. The van der Waals surface area contributed by atoms with Crippen LogP contribution in [0.2, 0.25) is 0 Å². The molecule has 1 aliphatic rings. The van der Waals surface area contributed by atoms with Gasteiger partial charge in [-0.15, -0.1) is 0 Å². The van der Waals surface area contributed by atoms with Crippen LogP contribution in [0.4, 0.5) is 17.1 Å². The molecule has 0 radical (unpaired) electrons. The van der Waals surface area contributed by atoms with E-state index in [-0.39, 0.29) is 30.2 Å². The maximum Gasteiger partial charge on any atom is 0.258 e. The van der Waals surface area contributed by atoms with Crippen molar-refractivity contribution in [3.05, 3.63) is 65.8 Å². The minimum atomic E-state index is -0.282. The van der Waals surface area contributed by atoms with Crippen LogP contribution in [-0.4, -0.2) is 34.4 Å². The molecule has 0 fully saturated rings. The number of hydrogen-bond acceptors (Lipinski definition) is 6. The van der Waals surface area contributed by atoms with Crippen molar-refractivity contribution in [2.24, 2.45) is 0 Å². The third kappa shape index (κ3) is 5.25. The number of aryl methyl sites for hydroxylation is 1. The molecule has 2 heterocycles. The number of rotatable bonds is 7. The second-order valence-corrected chi connectivity index (χ2v) is 8.14. The Balaban J connectivity index is 1.32. The molecule has 1 aliphatic heterocycles. The fraction of sp³-hybridized carbons (Fsp3) is 0.292. The van der Waals surface area contributed by atoms with E-state index in [1.54, 1.807) is 42.5 Å². The van der Waals surface area contributed by atoms with Gasteiger partial charge in [0.25, 0.3) is 5.91 Å². The summed E-state index contributed by atoms with van der Waals surface area (Å²) in [4.78, 5) is 43.0. The Morgan fingerprint density at radius 3 is 2.64 bits per heavy atom. The first-order chi connectivity index (χ1) is 15.9. The predicted octanol–water partition coefficient (Wildman–Crippen LogP) is 3.75. The van der Waals surface area contributed by atoms with Crippen LogP contribution in [0, 0.1) is 0 Å². The van der Waals surface area contributed by atoms with Gasteiger partial charge in [0, 0.05) is 30.0 Å². The van der Waals surface area contributed by atoms with Crippen LogP contribution in [-0.2, 0) is 16.0 Å². The molecule has 2 aromatic carbocycles. The molecule has 9 heteroatoms. The number of amides is 3. The lowest BCUT2D eigenvalue weighted by Gasteiger charge is -2.29. The Labute approximate surface area is 191 Å². The van der Waals surface area contributed by atoms with E-state index >= 15 is 0 Å². The van der Waals surface area contributed by atoms with E-state index in [1.807, 2.05) is 19.9 Å². The van der Waals surface area contributed by atoms with Crippen LogP contribution in [0.15, 0.2) is 53.1 Å². The number of fused-ring (bicyclic) bond motifs is 1. The second kappa shape index (κ2) is 9.64. The van der Waals surface area contributed by atoms with Gasteiger partial charge in [0.15, 0.2) is 5.82 Å². The van der Waals surface area contributed by atoms with E-state index in [4.69, 9.17) is 4.52 Å². The maximum absolute atomic E-state index is 13.0. The first-order valence-corrected chi connectivity index (χ1v) is 10.8. The third-order valence-electron chi connectivity index (χ3n) is 5.23. The highest BCUT2D eigenvalue weighted by Gasteiger charge is 2.27. The Morgan fingerprint density at radius 1 is 1.15 bits per heavy atom. The molecule has 0 bridgehead atoms. The highest BCUT2D eigenvalue weighted by molar-refractivity contribution is 6.15. The summed E-state index contributed by atoms with van der Waals surface area (Å²) in [6, 6.07) is 13.8. The fourth-order valence-corrected chi connectivity index (χ4v) is 3.49. The molecule has 1 aromatic heterocycles. The first kappa shape index (κ1) is 22.2. The van der Waals surface area contributed by atoms with E-state index < -0.39 is 0 Å². The number of benzene rings is 2. The Kier molecular flexibility index (Phi) is 6.48. The Morgan fingerprint density at radius 2 is 1.91 bits per heavy atom. The second-order valence-electron chi connectivity index (χ2n) is 8.14. The SMILES string of the molecule is CC(C)c1noc(CCCC(=O)Nc2ccc(C(=O)N3CC(=O)Nc4ccccc43)cc2)n1. The molecular formula is C24H25N5O4. The Bertz CT molecular complexity index is 1170. The number of anilines is 3. The van der Waals surface area contributed by atoms with Gasteiger partial charge in [0.05, 0.1) is 11.4 Å². The summed E-state index contributed by atoms with van der Waals surface area (Å²) in [6.07, 6.45) is 1.42. The monoisotopic (exact) mass is 447 g/mol. The number of aromatic nitrogens is 2.